The highest BCUT2D eigenvalue weighted by Crippen LogP contribution is 2.17. The minimum atomic E-state index is 0.0695. The van der Waals surface area contributed by atoms with Crippen molar-refractivity contribution in [3.63, 3.8) is 0 Å². The maximum Gasteiger partial charge on any atom is 0.224 e. The molecule has 4 heteroatoms. The summed E-state index contributed by atoms with van der Waals surface area (Å²) in [5.41, 5.74) is 8.25. The third-order valence-corrected chi connectivity index (χ3v) is 3.30. The van der Waals surface area contributed by atoms with Gasteiger partial charge >= 0.3 is 0 Å². The van der Waals surface area contributed by atoms with Crippen LogP contribution in [-0.2, 0) is 4.79 Å². The number of hydrogen-bond acceptors (Lipinski definition) is 3. The number of anilines is 2. The fourth-order valence-corrected chi connectivity index (χ4v) is 2.04. The third-order valence-electron chi connectivity index (χ3n) is 3.30. The molecule has 0 bridgehead atoms. The Hall–Kier alpha value is -1.55. The number of rotatable bonds is 7. The van der Waals surface area contributed by atoms with E-state index in [1.165, 1.54) is 0 Å². The van der Waals surface area contributed by atoms with Crippen LogP contribution >= 0.6 is 0 Å². The molecular formula is C15H25N3O. The quantitative estimate of drug-likeness (QED) is 0.743. The Bertz CT molecular complexity index is 414. The number of hydrogen-bond donors (Lipinski definition) is 2. The van der Waals surface area contributed by atoms with Gasteiger partial charge in [0.25, 0.3) is 0 Å². The summed E-state index contributed by atoms with van der Waals surface area (Å²) in [6, 6.07) is 5.52. The van der Waals surface area contributed by atoms with Crippen molar-refractivity contribution in [2.45, 2.75) is 33.6 Å². The van der Waals surface area contributed by atoms with E-state index in [9.17, 15) is 4.79 Å². The van der Waals surface area contributed by atoms with Crippen LogP contribution < -0.4 is 11.1 Å². The highest BCUT2D eigenvalue weighted by Gasteiger charge is 2.06. The van der Waals surface area contributed by atoms with Gasteiger partial charge in [-0.1, -0.05) is 13.8 Å². The van der Waals surface area contributed by atoms with Crippen LogP contribution in [0.1, 0.15) is 32.3 Å². The molecule has 1 aromatic carbocycles. The van der Waals surface area contributed by atoms with E-state index in [-0.39, 0.29) is 5.91 Å². The number of benzene rings is 1. The van der Waals surface area contributed by atoms with Crippen molar-refractivity contribution in [2.24, 2.45) is 0 Å². The molecule has 0 spiro atoms. The smallest absolute Gasteiger partial charge is 0.224 e. The first kappa shape index (κ1) is 15.5. The molecule has 3 N–H and O–H groups in total. The van der Waals surface area contributed by atoms with E-state index in [1.807, 2.05) is 19.1 Å². The van der Waals surface area contributed by atoms with Crippen molar-refractivity contribution in [3.8, 4) is 0 Å². The first-order valence-electron chi connectivity index (χ1n) is 6.95. The Labute approximate surface area is 116 Å². The van der Waals surface area contributed by atoms with Crippen LogP contribution in [0.3, 0.4) is 0 Å². The van der Waals surface area contributed by atoms with Crippen molar-refractivity contribution in [3.05, 3.63) is 23.8 Å². The van der Waals surface area contributed by atoms with Crippen LogP contribution in [0.2, 0.25) is 0 Å². The van der Waals surface area contributed by atoms with E-state index in [2.05, 4.69) is 24.1 Å². The highest BCUT2D eigenvalue weighted by atomic mass is 16.1. The van der Waals surface area contributed by atoms with Crippen molar-refractivity contribution in [1.82, 2.24) is 4.90 Å². The predicted octanol–water partition coefficient (Wildman–Crippen LogP) is 2.64. The lowest BCUT2D eigenvalue weighted by Crippen LogP contribution is -2.25. The van der Waals surface area contributed by atoms with Gasteiger partial charge in [0.05, 0.1) is 0 Å². The first-order valence-corrected chi connectivity index (χ1v) is 6.95. The summed E-state index contributed by atoms with van der Waals surface area (Å²) in [6.45, 7) is 9.27. The molecule has 0 unspecified atom stereocenters. The molecule has 0 aromatic heterocycles. The number of carbonyl (C=O) groups excluding carboxylic acids is 1. The Morgan fingerprint density at radius 1 is 1.32 bits per heavy atom. The molecule has 0 fully saturated rings. The largest absolute Gasteiger partial charge is 0.399 e. The van der Waals surface area contributed by atoms with E-state index >= 15 is 0 Å². The Morgan fingerprint density at radius 2 is 2.00 bits per heavy atom. The molecule has 0 radical (unpaired) electrons. The lowest BCUT2D eigenvalue weighted by molar-refractivity contribution is -0.116. The Kier molecular flexibility index (Phi) is 6.36. The molecule has 1 rings (SSSR count). The fraction of sp³-hybridized carbons (Fsp3) is 0.533. The van der Waals surface area contributed by atoms with Gasteiger partial charge in [-0.3, -0.25) is 4.79 Å². The van der Waals surface area contributed by atoms with Crippen LogP contribution in [0.15, 0.2) is 18.2 Å². The Morgan fingerprint density at radius 3 is 2.58 bits per heavy atom. The normalized spacial score (nSPS) is 10.7. The van der Waals surface area contributed by atoms with Crippen molar-refractivity contribution in [1.29, 1.82) is 0 Å². The van der Waals surface area contributed by atoms with Crippen molar-refractivity contribution < 1.29 is 4.79 Å². The predicted molar refractivity (Wildman–Crippen MR) is 81.2 cm³/mol. The zero-order valence-electron chi connectivity index (χ0n) is 12.2. The SMILES string of the molecule is CCN(CC)CCCC(=O)Nc1ccc(N)cc1C. The zero-order chi connectivity index (χ0) is 14.3. The average molecular weight is 263 g/mol. The molecule has 0 heterocycles. The molecule has 19 heavy (non-hydrogen) atoms. The summed E-state index contributed by atoms with van der Waals surface area (Å²) in [6.07, 6.45) is 1.45. The lowest BCUT2D eigenvalue weighted by Gasteiger charge is -2.17. The number of amides is 1. The van der Waals surface area contributed by atoms with Gasteiger partial charge in [0.15, 0.2) is 0 Å². The molecule has 1 aromatic rings. The molecule has 4 nitrogen and oxygen atoms in total. The Balaban J connectivity index is 2.39. The molecule has 0 atom stereocenters. The van der Waals surface area contributed by atoms with Gasteiger partial charge < -0.3 is 16.0 Å². The van der Waals surface area contributed by atoms with E-state index in [1.54, 1.807) is 6.07 Å². The summed E-state index contributed by atoms with van der Waals surface area (Å²) in [7, 11) is 0. The van der Waals surface area contributed by atoms with Gasteiger partial charge in [-0.05, 0) is 56.7 Å². The zero-order valence-corrected chi connectivity index (χ0v) is 12.2. The summed E-state index contributed by atoms with van der Waals surface area (Å²) >= 11 is 0. The van der Waals surface area contributed by atoms with E-state index in [4.69, 9.17) is 5.73 Å². The van der Waals surface area contributed by atoms with E-state index in [0.29, 0.717) is 6.42 Å². The molecule has 0 saturated heterocycles. The van der Waals surface area contributed by atoms with Crippen molar-refractivity contribution in [2.75, 3.05) is 30.7 Å². The molecule has 1 amide bonds. The summed E-state index contributed by atoms with van der Waals surface area (Å²) in [5, 5.41) is 2.93. The third kappa shape index (κ3) is 5.30. The standard InChI is InChI=1S/C15H25N3O/c1-4-18(5-2)10-6-7-15(19)17-14-9-8-13(16)11-12(14)3/h8-9,11H,4-7,10,16H2,1-3H3,(H,17,19). The molecule has 0 aliphatic heterocycles. The number of carbonyl (C=O) groups is 1. The van der Waals surface area contributed by atoms with Gasteiger partial charge in [0, 0.05) is 17.8 Å². The van der Waals surface area contributed by atoms with Crippen LogP contribution in [0.5, 0.6) is 0 Å². The van der Waals surface area contributed by atoms with Crippen molar-refractivity contribution >= 4 is 17.3 Å². The summed E-state index contributed by atoms with van der Waals surface area (Å²) in [5.74, 6) is 0.0695. The van der Waals surface area contributed by atoms with Gasteiger partial charge in [-0.2, -0.15) is 0 Å². The second kappa shape index (κ2) is 7.79. The number of nitrogens with two attached hydrogens (primary N) is 1. The maximum atomic E-state index is 11.8. The monoisotopic (exact) mass is 263 g/mol. The fourth-order valence-electron chi connectivity index (χ4n) is 2.04. The number of nitrogens with one attached hydrogen (secondary N) is 1. The maximum absolute atomic E-state index is 11.8. The second-order valence-corrected chi connectivity index (χ2v) is 4.75. The number of aryl methyl sites for hydroxylation is 1. The van der Waals surface area contributed by atoms with Crippen LogP contribution in [-0.4, -0.2) is 30.4 Å². The van der Waals surface area contributed by atoms with Crippen LogP contribution in [0, 0.1) is 6.92 Å². The van der Waals surface area contributed by atoms with E-state index in [0.717, 1.165) is 43.0 Å². The number of nitrogens with zero attached hydrogens (tertiary/aromatic N) is 1. The van der Waals surface area contributed by atoms with Gasteiger partial charge in [0.1, 0.15) is 0 Å². The van der Waals surface area contributed by atoms with Gasteiger partial charge in [-0.15, -0.1) is 0 Å². The molecule has 106 valence electrons. The van der Waals surface area contributed by atoms with E-state index < -0.39 is 0 Å². The number of nitrogen functional groups attached to an aromatic ring is 1. The summed E-state index contributed by atoms with van der Waals surface area (Å²) < 4.78 is 0. The second-order valence-electron chi connectivity index (χ2n) is 4.75. The molecular weight excluding hydrogens is 238 g/mol. The molecule has 0 aliphatic carbocycles. The van der Waals surface area contributed by atoms with Gasteiger partial charge in [0.2, 0.25) is 5.91 Å². The molecule has 0 saturated carbocycles. The highest BCUT2D eigenvalue weighted by molar-refractivity contribution is 5.91. The molecule has 0 aliphatic rings. The minimum absolute atomic E-state index is 0.0695. The first-order chi connectivity index (χ1) is 9.06. The summed E-state index contributed by atoms with van der Waals surface area (Å²) in [4.78, 5) is 14.2. The topological polar surface area (TPSA) is 58.4 Å². The minimum Gasteiger partial charge on any atom is -0.399 e. The lowest BCUT2D eigenvalue weighted by atomic mass is 10.1. The van der Waals surface area contributed by atoms with Gasteiger partial charge in [-0.25, -0.2) is 0 Å². The van der Waals surface area contributed by atoms with Crippen LogP contribution in [0.4, 0.5) is 11.4 Å². The van der Waals surface area contributed by atoms with Crippen LogP contribution in [0.25, 0.3) is 0 Å². The average Bonchev–Trinajstić information content (AvgIpc) is 2.38.